The molecule has 0 saturated heterocycles. The van der Waals surface area contributed by atoms with E-state index in [0.29, 0.717) is 0 Å². The molecular weight excluding hydrogens is 384 g/mol. The third-order valence-electron chi connectivity index (χ3n) is 2.75. The van der Waals surface area contributed by atoms with Gasteiger partial charge in [-0.15, -0.1) is 0 Å². The van der Waals surface area contributed by atoms with Crippen LogP contribution in [0, 0.1) is 0 Å². The van der Waals surface area contributed by atoms with Crippen molar-refractivity contribution in [3.8, 4) is 0 Å². The molecule has 0 spiro atoms. The van der Waals surface area contributed by atoms with E-state index in [1.54, 1.807) is 0 Å². The van der Waals surface area contributed by atoms with Gasteiger partial charge in [0.1, 0.15) is 0 Å². The third-order valence-corrected chi connectivity index (χ3v) is 2.75. The monoisotopic (exact) mass is 409 g/mol. The Morgan fingerprint density at radius 2 is 0.647 bits per heavy atom. The Labute approximate surface area is 120 Å². The van der Waals surface area contributed by atoms with Gasteiger partial charge in [0.15, 0.2) is 0 Å². The molecule has 1 radical (unpaired) electrons. The van der Waals surface area contributed by atoms with Crippen molar-refractivity contribution < 1.29 is 20.1 Å². The van der Waals surface area contributed by atoms with Crippen molar-refractivity contribution in [2.24, 2.45) is 0 Å². The summed E-state index contributed by atoms with van der Waals surface area (Å²) in [5, 5.41) is 0. The van der Waals surface area contributed by atoms with E-state index >= 15 is 0 Å². The first-order valence-corrected chi connectivity index (χ1v) is 6.63. The maximum absolute atomic E-state index is 2.23. The molecule has 0 bridgehead atoms. The molecule has 0 heterocycles. The summed E-state index contributed by atoms with van der Waals surface area (Å²) in [6, 6.07) is 0. The van der Waals surface area contributed by atoms with Crippen LogP contribution in [0.3, 0.4) is 0 Å². The van der Waals surface area contributed by atoms with Crippen LogP contribution < -0.4 is 0 Å². The minimum atomic E-state index is 0. The Morgan fingerprint density at radius 1 is 0.412 bits per heavy atom. The zero-order chi connectivity index (χ0) is 11.3. The number of hydrogen-bond acceptors (Lipinski definition) is 0. The van der Waals surface area contributed by atoms with Crippen LogP contribution in [0.25, 0.3) is 0 Å². The van der Waals surface area contributed by atoms with Gasteiger partial charge >= 0.3 is 0 Å². The zero-order valence-electron chi connectivity index (χ0n) is 10.6. The first-order valence-electron chi connectivity index (χ1n) is 6.63. The minimum absolute atomic E-state index is 0. The molecule has 17 heavy (non-hydrogen) atoms. The topological polar surface area (TPSA) is 0 Å². The van der Waals surface area contributed by atoms with Crippen molar-refractivity contribution in [2.45, 2.75) is 51.4 Å². The van der Waals surface area contributed by atoms with Crippen molar-refractivity contribution in [1.82, 2.24) is 0 Å². The van der Waals surface area contributed by atoms with Crippen LogP contribution in [0.15, 0.2) is 48.6 Å². The second kappa shape index (κ2) is 13.7. The molecule has 1 heteroatoms. The van der Waals surface area contributed by atoms with E-state index in [-0.39, 0.29) is 20.1 Å². The summed E-state index contributed by atoms with van der Waals surface area (Å²) in [5.74, 6) is 0. The maximum atomic E-state index is 2.23. The summed E-state index contributed by atoms with van der Waals surface area (Å²) >= 11 is 0. The van der Waals surface area contributed by atoms with Gasteiger partial charge in [-0.3, -0.25) is 0 Å². The summed E-state index contributed by atoms with van der Waals surface area (Å²) in [7, 11) is 0. The molecule has 0 aliphatic heterocycles. The Bertz CT molecular complexity index is 203. The van der Waals surface area contributed by atoms with Crippen LogP contribution in [0.2, 0.25) is 0 Å². The largest absolute Gasteiger partial charge is 0.0845 e. The summed E-state index contributed by atoms with van der Waals surface area (Å²) < 4.78 is 0. The van der Waals surface area contributed by atoms with Gasteiger partial charge in [-0.1, -0.05) is 48.6 Å². The van der Waals surface area contributed by atoms with E-state index in [1.807, 2.05) is 0 Å². The normalized spacial score (nSPS) is 26.4. The molecular formula is C16H24Ir. The molecule has 0 fully saturated rings. The molecule has 2 aliphatic rings. The van der Waals surface area contributed by atoms with E-state index in [9.17, 15) is 0 Å². The van der Waals surface area contributed by atoms with Crippen LogP contribution in [0.4, 0.5) is 0 Å². The fourth-order valence-corrected chi connectivity index (χ4v) is 1.75. The average molecular weight is 409 g/mol. The third kappa shape index (κ3) is 11.9. The van der Waals surface area contributed by atoms with Gasteiger partial charge in [-0.2, -0.15) is 0 Å². The number of allylic oxidation sites excluding steroid dienone is 8. The SMILES string of the molecule is C1=C\CCCC\C=C/1.C1=C\CCCC\C=C/1.[Ir]. The molecule has 2 aliphatic carbocycles. The molecule has 97 valence electrons. The number of rotatable bonds is 0. The van der Waals surface area contributed by atoms with E-state index in [0.717, 1.165) is 0 Å². The second-order valence-electron chi connectivity index (χ2n) is 4.28. The molecule has 2 rings (SSSR count). The summed E-state index contributed by atoms with van der Waals surface area (Å²) in [6.07, 6.45) is 28.0. The van der Waals surface area contributed by atoms with Crippen molar-refractivity contribution in [2.75, 3.05) is 0 Å². The van der Waals surface area contributed by atoms with Crippen LogP contribution in [0.1, 0.15) is 51.4 Å². The van der Waals surface area contributed by atoms with Gasteiger partial charge in [0.05, 0.1) is 0 Å². The van der Waals surface area contributed by atoms with Crippen molar-refractivity contribution >= 4 is 0 Å². The van der Waals surface area contributed by atoms with Gasteiger partial charge in [0, 0.05) is 20.1 Å². The van der Waals surface area contributed by atoms with Gasteiger partial charge in [0.2, 0.25) is 0 Å². The van der Waals surface area contributed by atoms with Gasteiger partial charge in [0.25, 0.3) is 0 Å². The molecule has 0 atom stereocenters. The van der Waals surface area contributed by atoms with Crippen molar-refractivity contribution in [1.29, 1.82) is 0 Å². The predicted octanol–water partition coefficient (Wildman–Crippen LogP) is 5.34. The van der Waals surface area contributed by atoms with E-state index in [4.69, 9.17) is 0 Å². The molecule has 0 nitrogen and oxygen atoms in total. The summed E-state index contributed by atoms with van der Waals surface area (Å²) in [5.41, 5.74) is 0. The summed E-state index contributed by atoms with van der Waals surface area (Å²) in [4.78, 5) is 0. The fraction of sp³-hybridized carbons (Fsp3) is 0.500. The molecule has 0 N–H and O–H groups in total. The standard InChI is InChI=1S/2C8H12.Ir/c2*1-2-4-6-8-7-5-3-1;/h2*1-4H,5-8H2;/b2*3-1-,4-2-;. The number of hydrogen-bond donors (Lipinski definition) is 0. The van der Waals surface area contributed by atoms with Crippen molar-refractivity contribution in [3.63, 3.8) is 0 Å². The Morgan fingerprint density at radius 3 is 0.882 bits per heavy atom. The van der Waals surface area contributed by atoms with E-state index < -0.39 is 0 Å². The smallest absolute Gasteiger partial charge is 0 e. The molecule has 0 unspecified atom stereocenters. The van der Waals surface area contributed by atoms with Gasteiger partial charge in [-0.25, -0.2) is 0 Å². The first kappa shape index (κ1) is 16.6. The van der Waals surface area contributed by atoms with E-state index in [1.165, 1.54) is 51.4 Å². The quantitative estimate of drug-likeness (QED) is 0.507. The van der Waals surface area contributed by atoms with Gasteiger partial charge in [-0.05, 0) is 51.4 Å². The second-order valence-corrected chi connectivity index (χ2v) is 4.28. The Hall–Kier alpha value is -0.391. The van der Waals surface area contributed by atoms with Crippen LogP contribution in [-0.4, -0.2) is 0 Å². The predicted molar refractivity (Wildman–Crippen MR) is 73.5 cm³/mol. The van der Waals surface area contributed by atoms with E-state index in [2.05, 4.69) is 48.6 Å². The molecule has 0 aromatic heterocycles. The molecule has 0 aromatic rings. The molecule has 0 amide bonds. The minimum Gasteiger partial charge on any atom is -0.0845 e. The van der Waals surface area contributed by atoms with Crippen molar-refractivity contribution in [3.05, 3.63) is 48.6 Å². The van der Waals surface area contributed by atoms with Crippen LogP contribution in [0.5, 0.6) is 0 Å². The average Bonchev–Trinajstić information content (AvgIpc) is 2.15. The Kier molecular flexibility index (Phi) is 13.4. The fourth-order valence-electron chi connectivity index (χ4n) is 1.75. The first-order chi connectivity index (χ1) is 8.00. The Balaban J connectivity index is 0.000000284. The molecule has 0 aromatic carbocycles. The molecule has 0 saturated carbocycles. The summed E-state index contributed by atoms with van der Waals surface area (Å²) in [6.45, 7) is 0. The van der Waals surface area contributed by atoms with Crippen LogP contribution >= 0.6 is 0 Å². The maximum Gasteiger partial charge on any atom is 0 e. The van der Waals surface area contributed by atoms with Crippen LogP contribution in [-0.2, 0) is 20.1 Å². The zero-order valence-corrected chi connectivity index (χ0v) is 13.0. The van der Waals surface area contributed by atoms with Gasteiger partial charge < -0.3 is 0 Å².